The molecule has 180 valence electrons. The number of allylic oxidation sites excluding steroid dienone is 1. The fourth-order valence-corrected chi connectivity index (χ4v) is 4.37. The number of anilines is 1. The summed E-state index contributed by atoms with van der Waals surface area (Å²) < 4.78 is 0. The monoisotopic (exact) mass is 441 g/mol. The van der Waals surface area contributed by atoms with Gasteiger partial charge in [-0.05, 0) is 75.0 Å². The number of carbonyl (C=O) groups excluding carboxylic acids is 1. The summed E-state index contributed by atoms with van der Waals surface area (Å²) in [6.45, 7) is 17.9. The number of aryl methyl sites for hydroxylation is 1. The topological polar surface area (TPSA) is 49.6 Å². The molecule has 0 bridgehead atoms. The molecule has 0 radical (unpaired) electrons. The maximum atomic E-state index is 13.0. The number of likely N-dealkylation sites (tertiary alicyclic amines) is 1. The van der Waals surface area contributed by atoms with Crippen molar-refractivity contribution in [2.24, 2.45) is 17.1 Å². The van der Waals surface area contributed by atoms with E-state index in [4.69, 9.17) is 5.73 Å². The number of rotatable bonds is 9. The molecule has 2 unspecified atom stereocenters. The van der Waals surface area contributed by atoms with E-state index in [1.165, 1.54) is 23.2 Å². The molecule has 0 aromatic heterocycles. The molecule has 1 fully saturated rings. The Bertz CT molecular complexity index is 741. The first kappa shape index (κ1) is 26.4. The molecule has 2 N–H and O–H groups in total. The van der Waals surface area contributed by atoms with Gasteiger partial charge in [-0.3, -0.25) is 4.79 Å². The fraction of sp³-hybridized carbons (Fsp3) is 0.679. The molecule has 2 rings (SSSR count). The lowest BCUT2D eigenvalue weighted by Gasteiger charge is -2.41. The number of benzene rings is 1. The predicted octanol–water partition coefficient (Wildman–Crippen LogP) is 5.80. The summed E-state index contributed by atoms with van der Waals surface area (Å²) in [5, 5.41) is 0. The third-order valence-electron chi connectivity index (χ3n) is 6.32. The van der Waals surface area contributed by atoms with Gasteiger partial charge in [-0.1, -0.05) is 58.4 Å². The molecule has 2 atom stereocenters. The average Bonchev–Trinajstić information content (AvgIpc) is 2.71. The van der Waals surface area contributed by atoms with Gasteiger partial charge in [0, 0.05) is 31.4 Å². The first-order valence-electron chi connectivity index (χ1n) is 12.5. The Balaban J connectivity index is 2.15. The number of hydrogen-bond donors (Lipinski definition) is 1. The molecule has 4 nitrogen and oxygen atoms in total. The summed E-state index contributed by atoms with van der Waals surface area (Å²) in [6.07, 6.45) is 7.46. The van der Waals surface area contributed by atoms with Gasteiger partial charge in [0.05, 0.1) is 6.04 Å². The molecule has 1 aliphatic rings. The number of amides is 1. The quantitative estimate of drug-likeness (QED) is 0.493. The van der Waals surface area contributed by atoms with Crippen LogP contribution in [-0.2, 0) is 11.2 Å². The highest BCUT2D eigenvalue weighted by molar-refractivity contribution is 5.81. The van der Waals surface area contributed by atoms with Crippen LogP contribution in [0.2, 0.25) is 0 Å². The average molecular weight is 442 g/mol. The van der Waals surface area contributed by atoms with Crippen molar-refractivity contribution in [3.63, 3.8) is 0 Å². The molecule has 1 amide bonds. The maximum Gasteiger partial charge on any atom is 0.239 e. The van der Waals surface area contributed by atoms with Gasteiger partial charge in [0.25, 0.3) is 0 Å². The Morgan fingerprint density at radius 1 is 1.22 bits per heavy atom. The lowest BCUT2D eigenvalue weighted by atomic mass is 9.88. The SMILES string of the molecule is CC(C)=CCN(c1ccc(CCC(C)(C)C)cc1)C1CCCN(C(=O)C(N)CC(C)C)C1. The smallest absolute Gasteiger partial charge is 0.239 e. The third-order valence-corrected chi connectivity index (χ3v) is 6.32. The summed E-state index contributed by atoms with van der Waals surface area (Å²) in [5.41, 5.74) is 10.5. The minimum Gasteiger partial charge on any atom is -0.363 e. The van der Waals surface area contributed by atoms with Gasteiger partial charge in [-0.2, -0.15) is 0 Å². The van der Waals surface area contributed by atoms with Crippen LogP contribution in [0.5, 0.6) is 0 Å². The van der Waals surface area contributed by atoms with Gasteiger partial charge in [-0.15, -0.1) is 0 Å². The molecule has 32 heavy (non-hydrogen) atoms. The number of piperidine rings is 1. The van der Waals surface area contributed by atoms with E-state index < -0.39 is 0 Å². The highest BCUT2D eigenvalue weighted by atomic mass is 16.2. The maximum absolute atomic E-state index is 13.0. The van der Waals surface area contributed by atoms with E-state index in [0.717, 1.165) is 45.3 Å². The number of nitrogens with zero attached hydrogens (tertiary/aromatic N) is 2. The third kappa shape index (κ3) is 8.61. The van der Waals surface area contributed by atoms with Crippen LogP contribution in [0.25, 0.3) is 0 Å². The molecule has 0 saturated carbocycles. The van der Waals surface area contributed by atoms with Crippen molar-refractivity contribution in [1.82, 2.24) is 4.90 Å². The highest BCUT2D eigenvalue weighted by Crippen LogP contribution is 2.26. The molecule has 1 aromatic rings. The molecule has 1 aromatic carbocycles. The molecule has 1 saturated heterocycles. The van der Waals surface area contributed by atoms with Crippen molar-refractivity contribution < 1.29 is 4.79 Å². The van der Waals surface area contributed by atoms with Crippen molar-refractivity contribution in [1.29, 1.82) is 0 Å². The van der Waals surface area contributed by atoms with Crippen molar-refractivity contribution in [3.8, 4) is 0 Å². The van der Waals surface area contributed by atoms with Crippen LogP contribution in [0.15, 0.2) is 35.9 Å². The Morgan fingerprint density at radius 3 is 2.44 bits per heavy atom. The molecular formula is C28H47N3O. The molecule has 0 spiro atoms. The zero-order valence-electron chi connectivity index (χ0n) is 21.7. The second kappa shape index (κ2) is 11.9. The lowest BCUT2D eigenvalue weighted by Crippen LogP contribution is -2.54. The largest absolute Gasteiger partial charge is 0.363 e. The Morgan fingerprint density at radius 2 is 1.88 bits per heavy atom. The van der Waals surface area contributed by atoms with Crippen LogP contribution >= 0.6 is 0 Å². The summed E-state index contributed by atoms with van der Waals surface area (Å²) >= 11 is 0. The van der Waals surface area contributed by atoms with E-state index in [1.54, 1.807) is 0 Å². The fourth-order valence-electron chi connectivity index (χ4n) is 4.37. The molecule has 1 aliphatic heterocycles. The number of carbonyl (C=O) groups is 1. The second-order valence-electron chi connectivity index (χ2n) is 11.5. The molecule has 1 heterocycles. The lowest BCUT2D eigenvalue weighted by molar-refractivity contribution is -0.134. The zero-order valence-corrected chi connectivity index (χ0v) is 21.7. The van der Waals surface area contributed by atoms with Gasteiger partial charge >= 0.3 is 0 Å². The minimum atomic E-state index is -0.387. The number of nitrogens with two attached hydrogens (primary N) is 1. The van der Waals surface area contributed by atoms with Crippen LogP contribution in [0.4, 0.5) is 5.69 Å². The summed E-state index contributed by atoms with van der Waals surface area (Å²) in [4.78, 5) is 17.5. The Kier molecular flexibility index (Phi) is 9.82. The molecule has 0 aliphatic carbocycles. The van der Waals surface area contributed by atoms with Crippen LogP contribution < -0.4 is 10.6 Å². The van der Waals surface area contributed by atoms with E-state index in [1.807, 2.05) is 4.90 Å². The highest BCUT2D eigenvalue weighted by Gasteiger charge is 2.30. The predicted molar refractivity (Wildman–Crippen MR) is 138 cm³/mol. The number of hydrogen-bond acceptors (Lipinski definition) is 3. The standard InChI is InChI=1S/C28H47N3O/c1-21(2)15-18-31(24-12-10-23(11-13-24)14-16-28(5,6)7)25-9-8-17-30(20-25)27(32)26(29)19-22(3)4/h10-13,15,22,25-26H,8-9,14,16-20,29H2,1-7H3. The summed E-state index contributed by atoms with van der Waals surface area (Å²) in [7, 11) is 0. The molecular weight excluding hydrogens is 394 g/mol. The van der Waals surface area contributed by atoms with Crippen molar-refractivity contribution in [2.45, 2.75) is 92.7 Å². The van der Waals surface area contributed by atoms with E-state index in [-0.39, 0.29) is 11.9 Å². The summed E-state index contributed by atoms with van der Waals surface area (Å²) in [6, 6.07) is 9.02. The van der Waals surface area contributed by atoms with Gasteiger partial charge < -0.3 is 15.5 Å². The Hall–Kier alpha value is -1.81. The van der Waals surface area contributed by atoms with E-state index >= 15 is 0 Å². The second-order valence-corrected chi connectivity index (χ2v) is 11.5. The Labute approximate surface area is 197 Å². The van der Waals surface area contributed by atoms with Gasteiger partial charge in [-0.25, -0.2) is 0 Å². The normalized spacial score (nSPS) is 17.9. The summed E-state index contributed by atoms with van der Waals surface area (Å²) in [5.74, 6) is 0.545. The van der Waals surface area contributed by atoms with Crippen molar-refractivity contribution >= 4 is 11.6 Å². The van der Waals surface area contributed by atoms with Gasteiger partial charge in [0.15, 0.2) is 0 Å². The van der Waals surface area contributed by atoms with Gasteiger partial charge in [0.2, 0.25) is 5.91 Å². The minimum absolute atomic E-state index is 0.114. The van der Waals surface area contributed by atoms with E-state index in [2.05, 4.69) is 83.7 Å². The first-order chi connectivity index (χ1) is 15.0. The van der Waals surface area contributed by atoms with E-state index in [0.29, 0.717) is 17.4 Å². The van der Waals surface area contributed by atoms with Crippen molar-refractivity contribution in [3.05, 3.63) is 41.5 Å². The van der Waals surface area contributed by atoms with Crippen LogP contribution in [0.1, 0.15) is 79.7 Å². The molecule has 4 heteroatoms. The van der Waals surface area contributed by atoms with Crippen LogP contribution in [0.3, 0.4) is 0 Å². The van der Waals surface area contributed by atoms with Crippen LogP contribution in [0, 0.1) is 11.3 Å². The van der Waals surface area contributed by atoms with Crippen molar-refractivity contribution in [2.75, 3.05) is 24.5 Å². The first-order valence-corrected chi connectivity index (χ1v) is 12.5. The van der Waals surface area contributed by atoms with E-state index in [9.17, 15) is 4.79 Å². The van der Waals surface area contributed by atoms with Crippen LogP contribution in [-0.4, -0.2) is 42.5 Å². The zero-order chi connectivity index (χ0) is 23.9. The van der Waals surface area contributed by atoms with Gasteiger partial charge in [0.1, 0.15) is 0 Å².